The second-order valence-electron chi connectivity index (χ2n) is 3.84. The second-order valence-corrected chi connectivity index (χ2v) is 5.09. The van der Waals surface area contributed by atoms with Crippen molar-refractivity contribution in [3.8, 4) is 11.1 Å². The quantitative estimate of drug-likeness (QED) is 0.716. The standard InChI is InChI=1S/C13H10Cl3N/c1-7-2-3-9(12(17)4-7)13-10(15)5-8(14)6-11(13)16/h2-6H,17H2,1H3. The van der Waals surface area contributed by atoms with Gasteiger partial charge < -0.3 is 5.73 Å². The van der Waals surface area contributed by atoms with Gasteiger partial charge in [-0.2, -0.15) is 0 Å². The molecule has 0 fully saturated rings. The highest BCUT2D eigenvalue weighted by Crippen LogP contribution is 2.39. The summed E-state index contributed by atoms with van der Waals surface area (Å²) in [6.45, 7) is 1.98. The summed E-state index contributed by atoms with van der Waals surface area (Å²) in [5, 5.41) is 1.51. The van der Waals surface area contributed by atoms with E-state index in [2.05, 4.69) is 0 Å². The predicted molar refractivity (Wildman–Crippen MR) is 76.1 cm³/mol. The molecule has 0 amide bonds. The SMILES string of the molecule is Cc1ccc(-c2c(Cl)cc(Cl)cc2Cl)c(N)c1. The first-order valence-corrected chi connectivity index (χ1v) is 6.13. The Morgan fingerprint density at radius 1 is 0.941 bits per heavy atom. The van der Waals surface area contributed by atoms with Crippen LogP contribution in [0.4, 0.5) is 5.69 Å². The molecule has 17 heavy (non-hydrogen) atoms. The van der Waals surface area contributed by atoms with Gasteiger partial charge in [0.2, 0.25) is 0 Å². The van der Waals surface area contributed by atoms with E-state index in [4.69, 9.17) is 40.5 Å². The van der Waals surface area contributed by atoms with Gasteiger partial charge in [-0.3, -0.25) is 0 Å². The third kappa shape index (κ3) is 2.52. The zero-order chi connectivity index (χ0) is 12.6. The fourth-order valence-electron chi connectivity index (χ4n) is 1.71. The molecule has 1 nitrogen and oxygen atoms in total. The number of halogens is 3. The Labute approximate surface area is 115 Å². The van der Waals surface area contributed by atoms with Crippen molar-refractivity contribution in [3.63, 3.8) is 0 Å². The van der Waals surface area contributed by atoms with E-state index < -0.39 is 0 Å². The Morgan fingerprint density at radius 3 is 2.06 bits per heavy atom. The minimum absolute atomic E-state index is 0.498. The molecular weight excluding hydrogens is 277 g/mol. The van der Waals surface area contributed by atoms with Crippen molar-refractivity contribution in [1.82, 2.24) is 0 Å². The van der Waals surface area contributed by atoms with Crippen LogP contribution in [0.1, 0.15) is 5.56 Å². The first-order chi connectivity index (χ1) is 7.99. The van der Waals surface area contributed by atoms with Crippen LogP contribution in [0.3, 0.4) is 0 Å². The number of hydrogen-bond donors (Lipinski definition) is 1. The van der Waals surface area contributed by atoms with Crippen LogP contribution in [0.2, 0.25) is 15.1 Å². The van der Waals surface area contributed by atoms with Crippen molar-refractivity contribution in [2.75, 3.05) is 5.73 Å². The molecule has 2 aromatic carbocycles. The van der Waals surface area contributed by atoms with Gasteiger partial charge in [0.25, 0.3) is 0 Å². The maximum Gasteiger partial charge on any atom is 0.0514 e. The van der Waals surface area contributed by atoms with Crippen LogP contribution < -0.4 is 5.73 Å². The molecule has 0 radical (unpaired) electrons. The molecule has 88 valence electrons. The molecule has 4 heteroatoms. The Morgan fingerprint density at radius 2 is 1.53 bits per heavy atom. The van der Waals surface area contributed by atoms with E-state index in [1.807, 2.05) is 25.1 Å². The minimum atomic E-state index is 0.498. The van der Waals surface area contributed by atoms with E-state index in [0.717, 1.165) is 16.7 Å². The largest absolute Gasteiger partial charge is 0.398 e. The van der Waals surface area contributed by atoms with Crippen LogP contribution in [-0.4, -0.2) is 0 Å². The topological polar surface area (TPSA) is 26.0 Å². The highest BCUT2D eigenvalue weighted by molar-refractivity contribution is 6.42. The molecule has 2 N–H and O–H groups in total. The van der Waals surface area contributed by atoms with Gasteiger partial charge in [-0.15, -0.1) is 0 Å². The van der Waals surface area contributed by atoms with Crippen molar-refractivity contribution in [3.05, 3.63) is 51.0 Å². The van der Waals surface area contributed by atoms with E-state index in [0.29, 0.717) is 20.8 Å². The van der Waals surface area contributed by atoms with E-state index in [1.165, 1.54) is 0 Å². The van der Waals surface area contributed by atoms with Crippen LogP contribution in [0, 0.1) is 6.92 Å². The number of nitrogens with two attached hydrogens (primary N) is 1. The molecule has 0 heterocycles. The van der Waals surface area contributed by atoms with E-state index in [1.54, 1.807) is 12.1 Å². The van der Waals surface area contributed by atoms with Crippen molar-refractivity contribution >= 4 is 40.5 Å². The van der Waals surface area contributed by atoms with Crippen molar-refractivity contribution < 1.29 is 0 Å². The second kappa shape index (κ2) is 4.77. The summed E-state index contributed by atoms with van der Waals surface area (Å²) >= 11 is 18.2. The van der Waals surface area contributed by atoms with Crippen LogP contribution in [0.15, 0.2) is 30.3 Å². The molecule has 0 saturated heterocycles. The number of nitrogen functional groups attached to an aromatic ring is 1. The van der Waals surface area contributed by atoms with Crippen LogP contribution >= 0.6 is 34.8 Å². The normalized spacial score (nSPS) is 10.6. The highest BCUT2D eigenvalue weighted by atomic mass is 35.5. The molecule has 0 aliphatic rings. The maximum atomic E-state index is 6.16. The summed E-state index contributed by atoms with van der Waals surface area (Å²) in [6, 6.07) is 9.07. The Hall–Kier alpha value is -0.890. The molecule has 0 aliphatic carbocycles. The molecule has 0 bridgehead atoms. The fraction of sp³-hybridized carbons (Fsp3) is 0.0769. The summed E-state index contributed by atoms with van der Waals surface area (Å²) in [4.78, 5) is 0. The molecule has 0 aliphatic heterocycles. The van der Waals surface area contributed by atoms with Crippen molar-refractivity contribution in [2.24, 2.45) is 0 Å². The molecule has 2 aromatic rings. The molecule has 0 unspecified atom stereocenters. The summed E-state index contributed by atoms with van der Waals surface area (Å²) in [5.74, 6) is 0. The van der Waals surface area contributed by atoms with Gasteiger partial charge in [-0.1, -0.05) is 46.9 Å². The Bertz CT molecular complexity index is 556. The first-order valence-electron chi connectivity index (χ1n) is 5.00. The number of aryl methyl sites for hydroxylation is 1. The third-order valence-electron chi connectivity index (χ3n) is 2.48. The fourth-order valence-corrected chi connectivity index (χ4v) is 2.73. The lowest BCUT2D eigenvalue weighted by molar-refractivity contribution is 1.47. The number of anilines is 1. The van der Waals surface area contributed by atoms with Gasteiger partial charge in [-0.05, 0) is 30.7 Å². The average molecular weight is 287 g/mol. The Kier molecular flexibility index (Phi) is 3.53. The minimum Gasteiger partial charge on any atom is -0.398 e. The number of rotatable bonds is 1. The Balaban J connectivity index is 2.68. The molecule has 2 rings (SSSR count). The van der Waals surface area contributed by atoms with Crippen molar-refractivity contribution in [1.29, 1.82) is 0 Å². The van der Waals surface area contributed by atoms with E-state index in [9.17, 15) is 0 Å². The maximum absolute atomic E-state index is 6.16. The smallest absolute Gasteiger partial charge is 0.0514 e. The summed E-state index contributed by atoms with van der Waals surface area (Å²) in [5.41, 5.74) is 9.26. The lowest BCUT2D eigenvalue weighted by atomic mass is 10.0. The molecule has 0 atom stereocenters. The molecule has 0 aromatic heterocycles. The summed E-state index contributed by atoms with van der Waals surface area (Å²) in [7, 11) is 0. The van der Waals surface area contributed by atoms with Gasteiger partial charge in [0.05, 0.1) is 10.0 Å². The molecule has 0 saturated carbocycles. The van der Waals surface area contributed by atoms with Gasteiger partial charge in [0, 0.05) is 21.8 Å². The van der Waals surface area contributed by atoms with E-state index in [-0.39, 0.29) is 0 Å². The van der Waals surface area contributed by atoms with Gasteiger partial charge in [0.15, 0.2) is 0 Å². The number of hydrogen-bond acceptors (Lipinski definition) is 1. The highest BCUT2D eigenvalue weighted by Gasteiger charge is 2.12. The first kappa shape index (κ1) is 12.6. The van der Waals surface area contributed by atoms with Crippen LogP contribution in [0.5, 0.6) is 0 Å². The summed E-state index contributed by atoms with van der Waals surface area (Å²) < 4.78 is 0. The van der Waals surface area contributed by atoms with Gasteiger partial charge in [-0.25, -0.2) is 0 Å². The molecule has 0 spiro atoms. The lowest BCUT2D eigenvalue weighted by Gasteiger charge is -2.11. The third-order valence-corrected chi connectivity index (χ3v) is 3.30. The zero-order valence-corrected chi connectivity index (χ0v) is 11.4. The monoisotopic (exact) mass is 285 g/mol. The zero-order valence-electron chi connectivity index (χ0n) is 9.10. The van der Waals surface area contributed by atoms with Gasteiger partial charge in [0.1, 0.15) is 0 Å². The lowest BCUT2D eigenvalue weighted by Crippen LogP contribution is -1.92. The van der Waals surface area contributed by atoms with Gasteiger partial charge >= 0.3 is 0 Å². The van der Waals surface area contributed by atoms with Crippen LogP contribution in [0.25, 0.3) is 11.1 Å². The summed E-state index contributed by atoms with van der Waals surface area (Å²) in [6.07, 6.45) is 0. The van der Waals surface area contributed by atoms with Crippen molar-refractivity contribution in [2.45, 2.75) is 6.92 Å². The molecular formula is C13H10Cl3N. The van der Waals surface area contributed by atoms with Crippen LogP contribution in [-0.2, 0) is 0 Å². The predicted octanol–water partition coefficient (Wildman–Crippen LogP) is 5.20. The van der Waals surface area contributed by atoms with E-state index >= 15 is 0 Å². The average Bonchev–Trinajstić information content (AvgIpc) is 2.19. The number of benzene rings is 2.